The maximum absolute atomic E-state index is 12.1. The van der Waals surface area contributed by atoms with Gasteiger partial charge in [0, 0.05) is 0 Å². The third kappa shape index (κ3) is 4.47. The molecule has 0 fully saturated rings. The first kappa shape index (κ1) is 17.2. The molecule has 0 aromatic heterocycles. The standard InChI is InChI=1S/C21H23NO3/c1-15(18-12-11-16-7-5-6-10-19(16)13-18)22-20(23)14-25-21(24)17-8-3-2-4-9-17/h2-4,8-9,11-13,15H,5-7,10,14H2,1H3,(H,22,23)/t15-/m0/s1. The molecule has 1 N–H and O–H groups in total. The molecule has 0 spiro atoms. The van der Waals surface area contributed by atoms with Crippen molar-refractivity contribution in [3.63, 3.8) is 0 Å². The topological polar surface area (TPSA) is 55.4 Å². The number of hydrogen-bond donors (Lipinski definition) is 1. The number of fused-ring (bicyclic) bond motifs is 1. The van der Waals surface area contributed by atoms with Crippen molar-refractivity contribution in [3.05, 3.63) is 70.8 Å². The van der Waals surface area contributed by atoms with Gasteiger partial charge in [0.2, 0.25) is 0 Å². The zero-order valence-electron chi connectivity index (χ0n) is 14.5. The van der Waals surface area contributed by atoms with Gasteiger partial charge in [0.1, 0.15) is 0 Å². The minimum absolute atomic E-state index is 0.116. The summed E-state index contributed by atoms with van der Waals surface area (Å²) in [6.07, 6.45) is 4.74. The zero-order chi connectivity index (χ0) is 17.6. The molecular weight excluding hydrogens is 314 g/mol. The van der Waals surface area contributed by atoms with E-state index >= 15 is 0 Å². The van der Waals surface area contributed by atoms with E-state index in [2.05, 4.69) is 23.5 Å². The molecule has 0 aliphatic heterocycles. The Morgan fingerprint density at radius 1 is 1.04 bits per heavy atom. The van der Waals surface area contributed by atoms with Crippen molar-refractivity contribution < 1.29 is 14.3 Å². The van der Waals surface area contributed by atoms with Gasteiger partial charge in [0.05, 0.1) is 11.6 Å². The van der Waals surface area contributed by atoms with E-state index in [4.69, 9.17) is 4.74 Å². The van der Waals surface area contributed by atoms with Crippen molar-refractivity contribution in [1.82, 2.24) is 5.32 Å². The predicted octanol–water partition coefficient (Wildman–Crippen LogP) is 3.60. The lowest BCUT2D eigenvalue weighted by molar-refractivity contribution is -0.124. The van der Waals surface area contributed by atoms with Crippen LogP contribution >= 0.6 is 0 Å². The molecule has 4 heteroatoms. The Kier molecular flexibility index (Phi) is 5.49. The summed E-state index contributed by atoms with van der Waals surface area (Å²) >= 11 is 0. The SMILES string of the molecule is C[C@H](NC(=O)COC(=O)c1ccccc1)c1ccc2c(c1)CCCC2. The largest absolute Gasteiger partial charge is 0.452 e. The molecule has 0 radical (unpaired) electrons. The second-order valence-corrected chi connectivity index (χ2v) is 6.47. The molecule has 2 aromatic carbocycles. The molecule has 0 unspecified atom stereocenters. The Morgan fingerprint density at radius 3 is 2.52 bits per heavy atom. The Hall–Kier alpha value is -2.62. The Labute approximate surface area is 148 Å². The van der Waals surface area contributed by atoms with Crippen molar-refractivity contribution in [3.8, 4) is 0 Å². The van der Waals surface area contributed by atoms with E-state index in [9.17, 15) is 9.59 Å². The number of amides is 1. The maximum Gasteiger partial charge on any atom is 0.338 e. The highest BCUT2D eigenvalue weighted by molar-refractivity contribution is 5.91. The summed E-state index contributed by atoms with van der Waals surface area (Å²) in [5.74, 6) is -0.785. The van der Waals surface area contributed by atoms with E-state index in [0.717, 1.165) is 18.4 Å². The first-order valence-corrected chi connectivity index (χ1v) is 8.77. The van der Waals surface area contributed by atoms with Crippen molar-refractivity contribution >= 4 is 11.9 Å². The number of benzene rings is 2. The Morgan fingerprint density at radius 2 is 1.76 bits per heavy atom. The van der Waals surface area contributed by atoms with E-state index in [1.165, 1.54) is 24.0 Å². The number of ether oxygens (including phenoxy) is 1. The second-order valence-electron chi connectivity index (χ2n) is 6.47. The van der Waals surface area contributed by atoms with Crippen LogP contribution in [0.25, 0.3) is 0 Å². The molecule has 0 bridgehead atoms. The third-order valence-electron chi connectivity index (χ3n) is 4.59. The van der Waals surface area contributed by atoms with E-state index in [1.807, 2.05) is 13.0 Å². The lowest BCUT2D eigenvalue weighted by Gasteiger charge is -2.20. The normalized spacial score (nSPS) is 14.3. The van der Waals surface area contributed by atoms with Crippen LogP contribution in [-0.4, -0.2) is 18.5 Å². The van der Waals surface area contributed by atoms with E-state index in [1.54, 1.807) is 24.3 Å². The van der Waals surface area contributed by atoms with E-state index in [0.29, 0.717) is 5.56 Å². The van der Waals surface area contributed by atoms with Gasteiger partial charge in [-0.1, -0.05) is 36.4 Å². The summed E-state index contributed by atoms with van der Waals surface area (Å²) in [5, 5.41) is 2.89. The lowest BCUT2D eigenvalue weighted by Crippen LogP contribution is -2.31. The number of rotatable bonds is 5. The smallest absolute Gasteiger partial charge is 0.338 e. The number of esters is 1. The fraction of sp³-hybridized carbons (Fsp3) is 0.333. The molecule has 1 atom stereocenters. The lowest BCUT2D eigenvalue weighted by atomic mass is 9.89. The monoisotopic (exact) mass is 337 g/mol. The van der Waals surface area contributed by atoms with Crippen molar-refractivity contribution in [2.75, 3.05) is 6.61 Å². The molecule has 0 heterocycles. The van der Waals surface area contributed by atoms with E-state index in [-0.39, 0.29) is 18.6 Å². The van der Waals surface area contributed by atoms with Crippen molar-refractivity contribution in [1.29, 1.82) is 0 Å². The molecule has 1 amide bonds. The maximum atomic E-state index is 12.1. The molecule has 130 valence electrons. The van der Waals surface area contributed by atoms with Crippen LogP contribution < -0.4 is 5.32 Å². The van der Waals surface area contributed by atoms with Gasteiger partial charge < -0.3 is 10.1 Å². The highest BCUT2D eigenvalue weighted by atomic mass is 16.5. The van der Waals surface area contributed by atoms with Gasteiger partial charge in [0.25, 0.3) is 5.91 Å². The average molecular weight is 337 g/mol. The molecule has 0 saturated carbocycles. The van der Waals surface area contributed by atoms with E-state index < -0.39 is 5.97 Å². The van der Waals surface area contributed by atoms with Gasteiger partial charge in [-0.3, -0.25) is 4.79 Å². The average Bonchev–Trinajstić information content (AvgIpc) is 2.66. The second kappa shape index (κ2) is 7.97. The number of carbonyl (C=O) groups excluding carboxylic acids is 2. The van der Waals surface area contributed by atoms with Crippen LogP contribution in [0.5, 0.6) is 0 Å². The van der Waals surface area contributed by atoms with Gasteiger partial charge in [-0.15, -0.1) is 0 Å². The highest BCUT2D eigenvalue weighted by Gasteiger charge is 2.15. The van der Waals surface area contributed by atoms with Crippen LogP contribution in [0, 0.1) is 0 Å². The predicted molar refractivity (Wildman–Crippen MR) is 96.4 cm³/mol. The van der Waals surface area contributed by atoms with Gasteiger partial charge in [-0.25, -0.2) is 4.79 Å². The summed E-state index contributed by atoms with van der Waals surface area (Å²) in [6, 6.07) is 15.0. The van der Waals surface area contributed by atoms with Gasteiger partial charge in [-0.2, -0.15) is 0 Å². The zero-order valence-corrected chi connectivity index (χ0v) is 14.5. The third-order valence-corrected chi connectivity index (χ3v) is 4.59. The minimum Gasteiger partial charge on any atom is -0.452 e. The molecule has 4 nitrogen and oxygen atoms in total. The van der Waals surface area contributed by atoms with Crippen LogP contribution in [0.15, 0.2) is 48.5 Å². The molecule has 1 aliphatic rings. The van der Waals surface area contributed by atoms with Crippen LogP contribution in [0.3, 0.4) is 0 Å². The summed E-state index contributed by atoms with van der Waals surface area (Å²) in [5.41, 5.74) is 4.34. The molecule has 3 rings (SSSR count). The Balaban J connectivity index is 1.53. The molecular formula is C21H23NO3. The van der Waals surface area contributed by atoms with Gasteiger partial charge in [-0.05, 0) is 61.4 Å². The number of carbonyl (C=O) groups is 2. The first-order valence-electron chi connectivity index (χ1n) is 8.77. The van der Waals surface area contributed by atoms with Crippen LogP contribution in [0.4, 0.5) is 0 Å². The summed E-state index contributed by atoms with van der Waals surface area (Å²) in [7, 11) is 0. The summed E-state index contributed by atoms with van der Waals surface area (Å²) < 4.78 is 5.07. The fourth-order valence-electron chi connectivity index (χ4n) is 3.18. The van der Waals surface area contributed by atoms with Crippen molar-refractivity contribution in [2.45, 2.75) is 38.6 Å². The van der Waals surface area contributed by atoms with Gasteiger partial charge in [0.15, 0.2) is 6.61 Å². The number of hydrogen-bond acceptors (Lipinski definition) is 3. The van der Waals surface area contributed by atoms with Crippen LogP contribution in [0.1, 0.15) is 52.9 Å². The highest BCUT2D eigenvalue weighted by Crippen LogP contribution is 2.24. The minimum atomic E-state index is -0.489. The molecule has 1 aliphatic carbocycles. The van der Waals surface area contributed by atoms with Crippen molar-refractivity contribution in [2.24, 2.45) is 0 Å². The summed E-state index contributed by atoms with van der Waals surface area (Å²) in [6.45, 7) is 1.67. The quantitative estimate of drug-likeness (QED) is 0.848. The van der Waals surface area contributed by atoms with Crippen LogP contribution in [0.2, 0.25) is 0 Å². The molecule has 2 aromatic rings. The first-order chi connectivity index (χ1) is 12.1. The number of aryl methyl sites for hydroxylation is 2. The van der Waals surface area contributed by atoms with Gasteiger partial charge >= 0.3 is 5.97 Å². The molecule has 0 saturated heterocycles. The molecule has 25 heavy (non-hydrogen) atoms. The fourth-order valence-corrected chi connectivity index (χ4v) is 3.18. The van der Waals surface area contributed by atoms with Crippen LogP contribution in [-0.2, 0) is 22.4 Å². The Bertz CT molecular complexity index is 755. The summed E-state index contributed by atoms with van der Waals surface area (Å²) in [4.78, 5) is 23.9. The number of nitrogens with one attached hydrogen (secondary N) is 1.